The van der Waals surface area contributed by atoms with Crippen LogP contribution in [-0.4, -0.2) is 21.1 Å². The van der Waals surface area contributed by atoms with Gasteiger partial charge in [0, 0.05) is 11.8 Å². The number of halogens is 3. The number of nitrogens with zero attached hydrogens (tertiary/aromatic N) is 1. The number of benzene rings is 3. The molecule has 3 aromatic rings. The van der Waals surface area contributed by atoms with Crippen LogP contribution in [0.15, 0.2) is 71.1 Å². The highest BCUT2D eigenvalue weighted by atomic mass is 32.2. The first-order valence-electron chi connectivity index (χ1n) is 11.0. The highest BCUT2D eigenvalue weighted by molar-refractivity contribution is 7.85. The summed E-state index contributed by atoms with van der Waals surface area (Å²) in [4.78, 5) is 13.1. The van der Waals surface area contributed by atoms with Crippen LogP contribution in [0.5, 0.6) is 11.5 Å². The zero-order valence-corrected chi connectivity index (χ0v) is 21.1. The predicted molar refractivity (Wildman–Crippen MR) is 134 cm³/mol. The second kappa shape index (κ2) is 11.1. The van der Waals surface area contributed by atoms with Crippen molar-refractivity contribution in [3.63, 3.8) is 0 Å². The van der Waals surface area contributed by atoms with Gasteiger partial charge in [-0.15, -0.1) is 0 Å². The molecule has 0 bridgehead atoms. The van der Waals surface area contributed by atoms with E-state index in [9.17, 15) is 22.2 Å². The molecule has 0 fully saturated rings. The van der Waals surface area contributed by atoms with Gasteiger partial charge in [-0.05, 0) is 57.0 Å². The molecule has 0 aromatic heterocycles. The summed E-state index contributed by atoms with van der Waals surface area (Å²) in [6, 6.07) is 18.1. The summed E-state index contributed by atoms with van der Waals surface area (Å²) in [7, 11) is -1.79. The second-order valence-electron chi connectivity index (χ2n) is 8.91. The lowest BCUT2D eigenvalue weighted by Gasteiger charge is -2.20. The molecule has 0 unspecified atom stereocenters. The van der Waals surface area contributed by atoms with Crippen molar-refractivity contribution in [1.29, 1.82) is 0 Å². The van der Waals surface area contributed by atoms with Crippen molar-refractivity contribution < 1.29 is 31.6 Å². The molecule has 9 heteroatoms. The van der Waals surface area contributed by atoms with Gasteiger partial charge in [-0.25, -0.2) is 9.00 Å². The highest BCUT2D eigenvalue weighted by Gasteiger charge is 2.38. The summed E-state index contributed by atoms with van der Waals surface area (Å²) in [6.45, 7) is 6.16. The third kappa shape index (κ3) is 6.81. The number of alkyl halides is 3. The smallest absolute Gasteiger partial charge is 0.417 e. The SMILES string of the molecule is Cc1c(C(=O)Oc2ccccc2)c(OCc2ccccc2)cc(C=N[S@@](=O)C(C)(C)C)c1C(F)(F)F. The van der Waals surface area contributed by atoms with Gasteiger partial charge in [-0.3, -0.25) is 0 Å². The average molecular weight is 518 g/mol. The Kier molecular flexibility index (Phi) is 8.35. The summed E-state index contributed by atoms with van der Waals surface area (Å²) in [5, 5.41) is 0. The van der Waals surface area contributed by atoms with Crippen LogP contribution in [0.4, 0.5) is 13.2 Å². The summed E-state index contributed by atoms with van der Waals surface area (Å²) in [5.74, 6) is -0.919. The van der Waals surface area contributed by atoms with Crippen molar-refractivity contribution in [2.75, 3.05) is 0 Å². The number of rotatable bonds is 7. The Morgan fingerprint density at radius 3 is 2.14 bits per heavy atom. The maximum atomic E-state index is 14.2. The molecule has 0 saturated heterocycles. The Bertz CT molecular complexity index is 1270. The van der Waals surface area contributed by atoms with Crippen LogP contribution in [-0.2, 0) is 23.8 Å². The zero-order valence-electron chi connectivity index (χ0n) is 20.3. The fourth-order valence-corrected chi connectivity index (χ4v) is 3.83. The van der Waals surface area contributed by atoms with E-state index in [-0.39, 0.29) is 34.8 Å². The minimum absolute atomic E-state index is 0.00175. The lowest BCUT2D eigenvalue weighted by molar-refractivity contribution is -0.138. The molecule has 36 heavy (non-hydrogen) atoms. The molecule has 1 atom stereocenters. The van der Waals surface area contributed by atoms with E-state index in [1.165, 1.54) is 19.1 Å². The maximum absolute atomic E-state index is 14.2. The molecule has 0 heterocycles. The molecule has 5 nitrogen and oxygen atoms in total. The molecule has 0 amide bonds. The third-order valence-electron chi connectivity index (χ3n) is 5.06. The van der Waals surface area contributed by atoms with Gasteiger partial charge in [0.15, 0.2) is 0 Å². The zero-order chi connectivity index (χ0) is 26.5. The van der Waals surface area contributed by atoms with E-state index < -0.39 is 33.4 Å². The summed E-state index contributed by atoms with van der Waals surface area (Å²) in [6.07, 6.45) is -3.91. The number of ether oxygens (including phenoxy) is 2. The lowest BCUT2D eigenvalue weighted by Crippen LogP contribution is -2.21. The fourth-order valence-electron chi connectivity index (χ4n) is 3.30. The van der Waals surface area contributed by atoms with Crippen LogP contribution in [0.1, 0.15) is 53.4 Å². The molecule has 3 rings (SSSR count). The number of esters is 1. The van der Waals surface area contributed by atoms with Crippen LogP contribution in [0.25, 0.3) is 0 Å². The molecule has 0 spiro atoms. The standard InChI is InChI=1S/C27H26F3NO4S/c1-18-23(25(32)35-21-13-9-6-10-14-21)22(34-17-19-11-7-5-8-12-19)15-20(24(18)27(28,29)30)16-31-36(33)26(2,3)4/h5-16H,17H2,1-4H3/t36-/m0/s1. The quantitative estimate of drug-likeness (QED) is 0.199. The van der Waals surface area contributed by atoms with Crippen LogP contribution >= 0.6 is 0 Å². The molecule has 0 aliphatic heterocycles. The van der Waals surface area contributed by atoms with Crippen LogP contribution in [0.2, 0.25) is 0 Å². The minimum atomic E-state index is -4.83. The van der Waals surface area contributed by atoms with Crippen molar-refractivity contribution in [2.24, 2.45) is 4.40 Å². The highest BCUT2D eigenvalue weighted by Crippen LogP contribution is 2.39. The molecular formula is C27H26F3NO4S. The van der Waals surface area contributed by atoms with Crippen molar-refractivity contribution in [1.82, 2.24) is 0 Å². The summed E-state index contributed by atoms with van der Waals surface area (Å²) >= 11 is 0. The van der Waals surface area contributed by atoms with E-state index in [2.05, 4.69) is 4.40 Å². The molecule has 0 aliphatic carbocycles. The Labute approximate surface area is 210 Å². The summed E-state index contributed by atoms with van der Waals surface area (Å²) in [5.41, 5.74) is -1.42. The Morgan fingerprint density at radius 2 is 1.58 bits per heavy atom. The topological polar surface area (TPSA) is 65.0 Å². The molecule has 0 aliphatic rings. The van der Waals surface area contributed by atoms with E-state index in [0.717, 1.165) is 17.8 Å². The normalized spacial score (nSPS) is 13.0. The van der Waals surface area contributed by atoms with Gasteiger partial charge >= 0.3 is 12.1 Å². The molecule has 0 radical (unpaired) electrons. The van der Waals surface area contributed by atoms with Gasteiger partial charge in [0.1, 0.15) is 34.7 Å². The van der Waals surface area contributed by atoms with Crippen molar-refractivity contribution >= 4 is 23.2 Å². The fraction of sp³-hybridized carbons (Fsp3) is 0.259. The molecule has 190 valence electrons. The van der Waals surface area contributed by atoms with E-state index in [4.69, 9.17) is 9.47 Å². The van der Waals surface area contributed by atoms with Crippen molar-refractivity contribution in [3.8, 4) is 11.5 Å². The number of carbonyl (C=O) groups excluding carboxylic acids is 1. The maximum Gasteiger partial charge on any atom is 0.417 e. The van der Waals surface area contributed by atoms with E-state index in [1.807, 2.05) is 6.07 Å². The first-order chi connectivity index (χ1) is 16.9. The second-order valence-corrected chi connectivity index (χ2v) is 10.8. The van der Waals surface area contributed by atoms with Crippen molar-refractivity contribution in [2.45, 2.75) is 45.2 Å². The first-order valence-corrected chi connectivity index (χ1v) is 12.1. The average Bonchev–Trinajstić information content (AvgIpc) is 2.80. The minimum Gasteiger partial charge on any atom is -0.488 e. The molecular weight excluding hydrogens is 491 g/mol. The lowest BCUT2D eigenvalue weighted by atomic mass is 9.95. The Morgan fingerprint density at radius 1 is 1.00 bits per heavy atom. The largest absolute Gasteiger partial charge is 0.488 e. The molecule has 0 N–H and O–H groups in total. The van der Waals surface area contributed by atoms with Crippen LogP contribution in [0.3, 0.4) is 0 Å². The number of para-hydroxylation sites is 1. The molecule has 0 saturated carbocycles. The number of hydrogen-bond donors (Lipinski definition) is 0. The van der Waals surface area contributed by atoms with Crippen molar-refractivity contribution in [3.05, 3.63) is 94.5 Å². The van der Waals surface area contributed by atoms with E-state index in [0.29, 0.717) is 0 Å². The molecule has 3 aromatic carbocycles. The van der Waals surface area contributed by atoms with Gasteiger partial charge in [-0.2, -0.15) is 17.6 Å². The third-order valence-corrected chi connectivity index (χ3v) is 6.41. The van der Waals surface area contributed by atoms with Gasteiger partial charge in [-0.1, -0.05) is 48.5 Å². The number of carbonyl (C=O) groups is 1. The van der Waals surface area contributed by atoms with E-state index >= 15 is 0 Å². The van der Waals surface area contributed by atoms with Gasteiger partial charge in [0.25, 0.3) is 0 Å². The van der Waals surface area contributed by atoms with Gasteiger partial charge in [0.05, 0.1) is 10.3 Å². The van der Waals surface area contributed by atoms with Crippen LogP contribution < -0.4 is 9.47 Å². The van der Waals surface area contributed by atoms with Crippen LogP contribution in [0, 0.1) is 6.92 Å². The Balaban J connectivity index is 2.15. The Hall–Kier alpha value is -3.46. The monoisotopic (exact) mass is 517 g/mol. The predicted octanol–water partition coefficient (Wildman–Crippen LogP) is 6.69. The summed E-state index contributed by atoms with van der Waals surface area (Å²) < 4.78 is 69.2. The van der Waals surface area contributed by atoms with Gasteiger partial charge < -0.3 is 9.47 Å². The van der Waals surface area contributed by atoms with Gasteiger partial charge in [0.2, 0.25) is 0 Å². The number of hydrogen-bond acceptors (Lipinski definition) is 4. The first kappa shape index (κ1) is 27.1. The van der Waals surface area contributed by atoms with E-state index in [1.54, 1.807) is 63.2 Å².